The number of benzene rings is 2. The van der Waals surface area contributed by atoms with E-state index in [1.54, 1.807) is 14.2 Å². The molecule has 0 fully saturated rings. The third-order valence-corrected chi connectivity index (χ3v) is 3.74. The first kappa shape index (κ1) is 15.4. The molecule has 2 nitrogen and oxygen atoms in total. The summed E-state index contributed by atoms with van der Waals surface area (Å²) in [4.78, 5) is 0. The van der Waals surface area contributed by atoms with Crippen molar-refractivity contribution in [3.05, 3.63) is 59.7 Å². The van der Waals surface area contributed by atoms with E-state index in [1.165, 1.54) is 11.1 Å². The van der Waals surface area contributed by atoms with E-state index in [0.717, 1.165) is 17.9 Å². The van der Waals surface area contributed by atoms with Crippen LogP contribution in [0, 0.1) is 5.92 Å². The molecule has 0 saturated carbocycles. The van der Waals surface area contributed by atoms with Gasteiger partial charge in [-0.1, -0.05) is 38.1 Å². The second-order valence-electron chi connectivity index (χ2n) is 5.73. The van der Waals surface area contributed by atoms with Crippen molar-refractivity contribution < 1.29 is 9.47 Å². The van der Waals surface area contributed by atoms with Crippen molar-refractivity contribution in [2.75, 3.05) is 14.2 Å². The van der Waals surface area contributed by atoms with E-state index in [2.05, 4.69) is 38.1 Å². The molecule has 21 heavy (non-hydrogen) atoms. The highest BCUT2D eigenvalue weighted by atomic mass is 16.5. The molecule has 0 saturated heterocycles. The van der Waals surface area contributed by atoms with Crippen LogP contribution in [0.2, 0.25) is 0 Å². The van der Waals surface area contributed by atoms with Gasteiger partial charge in [-0.25, -0.2) is 0 Å². The fraction of sp³-hybridized carbons (Fsp3) is 0.368. The number of hydrogen-bond donors (Lipinski definition) is 0. The van der Waals surface area contributed by atoms with Gasteiger partial charge in [0.2, 0.25) is 0 Å². The Morgan fingerprint density at radius 2 is 1.10 bits per heavy atom. The summed E-state index contributed by atoms with van der Waals surface area (Å²) < 4.78 is 10.5. The van der Waals surface area contributed by atoms with Crippen molar-refractivity contribution in [3.63, 3.8) is 0 Å². The minimum atomic E-state index is 0.404. The Morgan fingerprint density at radius 3 is 1.38 bits per heavy atom. The molecule has 0 atom stereocenters. The van der Waals surface area contributed by atoms with Crippen molar-refractivity contribution in [2.45, 2.75) is 26.2 Å². The van der Waals surface area contributed by atoms with E-state index >= 15 is 0 Å². The summed E-state index contributed by atoms with van der Waals surface area (Å²) in [5.74, 6) is 2.84. The van der Waals surface area contributed by atoms with E-state index in [0.29, 0.717) is 11.8 Å². The summed E-state index contributed by atoms with van der Waals surface area (Å²) >= 11 is 0. The lowest BCUT2D eigenvalue weighted by molar-refractivity contribution is 0.414. The molecule has 0 aliphatic heterocycles. The minimum absolute atomic E-state index is 0.404. The van der Waals surface area contributed by atoms with E-state index in [-0.39, 0.29) is 0 Å². The molecule has 0 N–H and O–H groups in total. The van der Waals surface area contributed by atoms with Crippen molar-refractivity contribution in [1.82, 2.24) is 0 Å². The average molecular weight is 284 g/mol. The lowest BCUT2D eigenvalue weighted by Crippen LogP contribution is -2.05. The lowest BCUT2D eigenvalue weighted by Gasteiger charge is -2.20. The predicted octanol–water partition coefficient (Wildman–Crippen LogP) is 4.88. The molecule has 0 radical (unpaired) electrons. The molecule has 0 aromatic heterocycles. The maximum atomic E-state index is 5.25. The van der Waals surface area contributed by atoms with Gasteiger partial charge in [0.25, 0.3) is 0 Å². The highest BCUT2D eigenvalue weighted by Gasteiger charge is 2.16. The Balaban J connectivity index is 2.31. The molecule has 0 aliphatic carbocycles. The zero-order chi connectivity index (χ0) is 15.2. The molecule has 0 aliphatic rings. The van der Waals surface area contributed by atoms with Crippen molar-refractivity contribution in [3.8, 4) is 11.5 Å². The van der Waals surface area contributed by atoms with Gasteiger partial charge in [-0.15, -0.1) is 0 Å². The van der Waals surface area contributed by atoms with Crippen LogP contribution in [0.1, 0.15) is 37.3 Å². The van der Waals surface area contributed by atoms with Gasteiger partial charge in [0.15, 0.2) is 0 Å². The summed E-state index contributed by atoms with van der Waals surface area (Å²) in [5.41, 5.74) is 2.66. The second-order valence-corrected chi connectivity index (χ2v) is 5.73. The number of hydrogen-bond acceptors (Lipinski definition) is 2. The summed E-state index contributed by atoms with van der Waals surface area (Å²) in [6.45, 7) is 4.53. The van der Waals surface area contributed by atoms with Crippen molar-refractivity contribution >= 4 is 0 Å². The van der Waals surface area contributed by atoms with Crippen LogP contribution in [-0.2, 0) is 0 Å². The molecule has 2 heteroatoms. The Morgan fingerprint density at radius 1 is 0.714 bits per heavy atom. The molecule has 112 valence electrons. The number of ether oxygens (including phenoxy) is 2. The maximum Gasteiger partial charge on any atom is 0.118 e. The standard InChI is InChI=1S/C19H24O2/c1-14(2)13-19(15-5-9-17(20-3)10-6-15)16-7-11-18(21-4)12-8-16/h5-12,14,19H,13H2,1-4H3. The van der Waals surface area contributed by atoms with Crippen molar-refractivity contribution in [1.29, 1.82) is 0 Å². The Hall–Kier alpha value is -1.96. The summed E-state index contributed by atoms with van der Waals surface area (Å²) in [6, 6.07) is 16.8. The molecule has 0 heterocycles. The van der Waals surface area contributed by atoms with Gasteiger partial charge in [-0.3, -0.25) is 0 Å². The van der Waals surface area contributed by atoms with Gasteiger partial charge in [-0.05, 0) is 47.7 Å². The van der Waals surface area contributed by atoms with Crippen LogP contribution < -0.4 is 9.47 Å². The van der Waals surface area contributed by atoms with Crippen LogP contribution >= 0.6 is 0 Å². The summed E-state index contributed by atoms with van der Waals surface area (Å²) in [5, 5.41) is 0. The zero-order valence-corrected chi connectivity index (χ0v) is 13.3. The summed E-state index contributed by atoms with van der Waals surface area (Å²) in [7, 11) is 3.40. The highest BCUT2D eigenvalue weighted by Crippen LogP contribution is 2.32. The topological polar surface area (TPSA) is 18.5 Å². The minimum Gasteiger partial charge on any atom is -0.497 e. The van der Waals surface area contributed by atoms with Crippen LogP contribution in [0.4, 0.5) is 0 Å². The SMILES string of the molecule is COc1ccc(C(CC(C)C)c2ccc(OC)cc2)cc1. The Labute approximate surface area is 127 Å². The lowest BCUT2D eigenvalue weighted by atomic mass is 9.84. The summed E-state index contributed by atoms with van der Waals surface area (Å²) in [6.07, 6.45) is 1.12. The van der Waals surface area contributed by atoms with E-state index in [9.17, 15) is 0 Å². The molecule has 0 bridgehead atoms. The average Bonchev–Trinajstić information content (AvgIpc) is 2.53. The molecular weight excluding hydrogens is 260 g/mol. The van der Waals surface area contributed by atoms with Crippen LogP contribution in [0.5, 0.6) is 11.5 Å². The highest BCUT2D eigenvalue weighted by molar-refractivity contribution is 5.38. The van der Waals surface area contributed by atoms with Gasteiger partial charge in [0, 0.05) is 5.92 Å². The van der Waals surface area contributed by atoms with E-state index in [4.69, 9.17) is 9.47 Å². The first-order valence-electron chi connectivity index (χ1n) is 7.42. The number of methoxy groups -OCH3 is 2. The zero-order valence-electron chi connectivity index (χ0n) is 13.3. The fourth-order valence-electron chi connectivity index (χ4n) is 2.61. The molecule has 0 unspecified atom stereocenters. The van der Waals surface area contributed by atoms with Crippen LogP contribution in [0.3, 0.4) is 0 Å². The van der Waals surface area contributed by atoms with Gasteiger partial charge >= 0.3 is 0 Å². The molecule has 2 aromatic rings. The normalized spacial score (nSPS) is 11.0. The van der Waals surface area contributed by atoms with E-state index < -0.39 is 0 Å². The fourth-order valence-corrected chi connectivity index (χ4v) is 2.61. The molecule has 2 rings (SSSR count). The van der Waals surface area contributed by atoms with E-state index in [1.807, 2.05) is 24.3 Å². The molecular formula is C19H24O2. The quantitative estimate of drug-likeness (QED) is 0.752. The third kappa shape index (κ3) is 4.01. The third-order valence-electron chi connectivity index (χ3n) is 3.74. The van der Waals surface area contributed by atoms with Gasteiger partial charge in [0.1, 0.15) is 11.5 Å². The Bertz CT molecular complexity index is 493. The van der Waals surface area contributed by atoms with Crippen LogP contribution in [-0.4, -0.2) is 14.2 Å². The largest absolute Gasteiger partial charge is 0.497 e. The van der Waals surface area contributed by atoms with Gasteiger partial charge < -0.3 is 9.47 Å². The maximum absolute atomic E-state index is 5.25. The second kappa shape index (κ2) is 7.16. The smallest absolute Gasteiger partial charge is 0.118 e. The first-order valence-corrected chi connectivity index (χ1v) is 7.42. The Kier molecular flexibility index (Phi) is 5.26. The molecule has 0 amide bonds. The first-order chi connectivity index (χ1) is 10.1. The number of rotatable bonds is 6. The monoisotopic (exact) mass is 284 g/mol. The van der Waals surface area contributed by atoms with Gasteiger partial charge in [0.05, 0.1) is 14.2 Å². The molecule has 0 spiro atoms. The van der Waals surface area contributed by atoms with Crippen molar-refractivity contribution in [2.24, 2.45) is 5.92 Å². The van der Waals surface area contributed by atoms with Gasteiger partial charge in [-0.2, -0.15) is 0 Å². The predicted molar refractivity (Wildman–Crippen MR) is 87.3 cm³/mol. The molecule has 2 aromatic carbocycles. The van der Waals surface area contributed by atoms with Crippen LogP contribution in [0.15, 0.2) is 48.5 Å². The van der Waals surface area contributed by atoms with Crippen LogP contribution in [0.25, 0.3) is 0 Å².